The molecule has 0 spiro atoms. The number of aliphatic carboxylic acids is 1. The van der Waals surface area contributed by atoms with Crippen LogP contribution in [0.4, 0.5) is 0 Å². The van der Waals surface area contributed by atoms with Gasteiger partial charge in [-0.05, 0) is 26.0 Å². The first-order valence-electron chi connectivity index (χ1n) is 5.84. The van der Waals surface area contributed by atoms with Crippen LogP contribution in [0.15, 0.2) is 26.8 Å². The van der Waals surface area contributed by atoms with Crippen LogP contribution in [-0.4, -0.2) is 33.1 Å². The first-order chi connectivity index (χ1) is 9.45. The zero-order valence-corrected chi connectivity index (χ0v) is 11.7. The standard InChI is InChI=1S/C12H13N3O4S/c1-6-3-4-8(19-6)7(2)14-15-12-13-11(18)9(20-12)5-10(16)17/h3-4,9H,5H2,1-2H3,(H,16,17)(H,13,15,18). The number of nitrogens with zero attached hydrogens (tertiary/aromatic N) is 2. The van der Waals surface area contributed by atoms with Crippen molar-refractivity contribution in [3.05, 3.63) is 23.7 Å². The van der Waals surface area contributed by atoms with E-state index >= 15 is 0 Å². The summed E-state index contributed by atoms with van der Waals surface area (Å²) in [5.41, 5.74) is 0.571. The molecule has 1 aliphatic heterocycles. The number of amides is 1. The quantitative estimate of drug-likeness (QED) is 0.645. The molecule has 7 nitrogen and oxygen atoms in total. The molecule has 0 saturated carbocycles. The Morgan fingerprint density at radius 2 is 2.30 bits per heavy atom. The van der Waals surface area contributed by atoms with Gasteiger partial charge in [0.2, 0.25) is 5.91 Å². The van der Waals surface area contributed by atoms with E-state index in [1.165, 1.54) is 0 Å². The highest BCUT2D eigenvalue weighted by atomic mass is 32.2. The second-order valence-corrected chi connectivity index (χ2v) is 5.39. The van der Waals surface area contributed by atoms with Crippen molar-refractivity contribution in [3.8, 4) is 0 Å². The second kappa shape index (κ2) is 5.91. The lowest BCUT2D eigenvalue weighted by Crippen LogP contribution is -2.26. The molecule has 8 heteroatoms. The maximum absolute atomic E-state index is 11.5. The monoisotopic (exact) mass is 295 g/mol. The van der Waals surface area contributed by atoms with Gasteiger partial charge in [0, 0.05) is 0 Å². The Balaban J connectivity index is 2.05. The lowest BCUT2D eigenvalue weighted by molar-refractivity contribution is -0.138. The van der Waals surface area contributed by atoms with Crippen molar-refractivity contribution in [1.29, 1.82) is 0 Å². The highest BCUT2D eigenvalue weighted by Crippen LogP contribution is 2.22. The van der Waals surface area contributed by atoms with Crippen molar-refractivity contribution in [3.63, 3.8) is 0 Å². The van der Waals surface area contributed by atoms with E-state index < -0.39 is 11.2 Å². The molecular weight excluding hydrogens is 282 g/mol. The normalized spacial score (nSPS) is 21.3. The van der Waals surface area contributed by atoms with Gasteiger partial charge in [0.15, 0.2) is 5.17 Å². The molecule has 1 unspecified atom stereocenters. The number of thioether (sulfide) groups is 1. The molecule has 1 aromatic rings. The third-order valence-electron chi connectivity index (χ3n) is 2.52. The third kappa shape index (κ3) is 3.47. The van der Waals surface area contributed by atoms with Gasteiger partial charge in [-0.25, -0.2) is 0 Å². The minimum atomic E-state index is -1.02. The number of carboxylic acids is 1. The van der Waals surface area contributed by atoms with E-state index in [4.69, 9.17) is 9.52 Å². The Morgan fingerprint density at radius 1 is 1.55 bits per heavy atom. The Hall–Kier alpha value is -2.09. The third-order valence-corrected chi connectivity index (χ3v) is 3.60. The molecule has 0 radical (unpaired) electrons. The Morgan fingerprint density at radius 3 is 2.90 bits per heavy atom. The number of hydrogen-bond donors (Lipinski definition) is 2. The molecule has 1 aliphatic rings. The summed E-state index contributed by atoms with van der Waals surface area (Å²) in [6.07, 6.45) is -0.240. The van der Waals surface area contributed by atoms with Crippen molar-refractivity contribution in [2.45, 2.75) is 25.5 Å². The van der Waals surface area contributed by atoms with Crippen LogP contribution in [0.25, 0.3) is 0 Å². The fourth-order valence-corrected chi connectivity index (χ4v) is 2.45. The number of carbonyl (C=O) groups is 2. The van der Waals surface area contributed by atoms with Gasteiger partial charge in [0.25, 0.3) is 0 Å². The SMILES string of the molecule is CC(=NN=C1NC(=O)C(CC(=O)O)S1)c1ccc(C)o1. The van der Waals surface area contributed by atoms with Crippen molar-refractivity contribution < 1.29 is 19.1 Å². The summed E-state index contributed by atoms with van der Waals surface area (Å²) in [5, 5.41) is 18.7. The van der Waals surface area contributed by atoms with Crippen LogP contribution in [0.2, 0.25) is 0 Å². The molecule has 0 aromatic carbocycles. The molecule has 1 amide bonds. The molecule has 1 atom stereocenters. The van der Waals surface area contributed by atoms with Crippen LogP contribution in [0, 0.1) is 6.92 Å². The predicted octanol–water partition coefficient (Wildman–Crippen LogP) is 1.37. The van der Waals surface area contributed by atoms with E-state index in [1.807, 2.05) is 13.0 Å². The molecule has 1 saturated heterocycles. The van der Waals surface area contributed by atoms with Crippen LogP contribution in [-0.2, 0) is 9.59 Å². The van der Waals surface area contributed by atoms with Gasteiger partial charge < -0.3 is 14.8 Å². The zero-order valence-electron chi connectivity index (χ0n) is 10.9. The van der Waals surface area contributed by atoms with Crippen molar-refractivity contribution >= 4 is 34.5 Å². The Bertz CT molecular complexity index is 606. The van der Waals surface area contributed by atoms with Crippen LogP contribution < -0.4 is 5.32 Å². The number of nitrogens with one attached hydrogen (secondary N) is 1. The summed E-state index contributed by atoms with van der Waals surface area (Å²) in [5.74, 6) is -0.0157. The van der Waals surface area contributed by atoms with E-state index in [2.05, 4.69) is 15.5 Å². The number of carbonyl (C=O) groups excluding carboxylic acids is 1. The number of carboxylic acid groups (broad SMARTS) is 1. The maximum Gasteiger partial charge on any atom is 0.305 e. The molecule has 2 rings (SSSR count). The highest BCUT2D eigenvalue weighted by Gasteiger charge is 2.32. The van der Waals surface area contributed by atoms with Gasteiger partial charge in [0.1, 0.15) is 22.5 Å². The number of aryl methyl sites for hydroxylation is 1. The van der Waals surface area contributed by atoms with E-state index in [1.54, 1.807) is 13.0 Å². The summed E-state index contributed by atoms with van der Waals surface area (Å²) >= 11 is 1.06. The van der Waals surface area contributed by atoms with Crippen LogP contribution in [0.1, 0.15) is 24.9 Å². The van der Waals surface area contributed by atoms with Crippen LogP contribution in [0.3, 0.4) is 0 Å². The maximum atomic E-state index is 11.5. The summed E-state index contributed by atoms with van der Waals surface area (Å²) in [4.78, 5) is 22.1. The van der Waals surface area contributed by atoms with E-state index in [0.717, 1.165) is 17.5 Å². The minimum Gasteiger partial charge on any atom is -0.481 e. The topological polar surface area (TPSA) is 104 Å². The molecule has 1 aromatic heterocycles. The smallest absolute Gasteiger partial charge is 0.305 e. The van der Waals surface area contributed by atoms with Crippen molar-refractivity contribution in [2.24, 2.45) is 10.2 Å². The van der Waals surface area contributed by atoms with E-state index in [-0.39, 0.29) is 12.3 Å². The summed E-state index contributed by atoms with van der Waals surface area (Å²) in [6.45, 7) is 3.56. The first-order valence-corrected chi connectivity index (χ1v) is 6.72. The molecule has 2 heterocycles. The summed E-state index contributed by atoms with van der Waals surface area (Å²) in [7, 11) is 0. The van der Waals surface area contributed by atoms with Gasteiger partial charge >= 0.3 is 5.97 Å². The second-order valence-electron chi connectivity index (χ2n) is 4.19. The molecule has 1 fully saturated rings. The molecule has 0 aliphatic carbocycles. The van der Waals surface area contributed by atoms with Gasteiger partial charge in [0.05, 0.1) is 6.42 Å². The molecule has 20 heavy (non-hydrogen) atoms. The number of rotatable bonds is 4. The molecule has 0 bridgehead atoms. The predicted molar refractivity (Wildman–Crippen MR) is 74.9 cm³/mol. The number of hydrogen-bond acceptors (Lipinski definition) is 6. The summed E-state index contributed by atoms with van der Waals surface area (Å²) < 4.78 is 5.38. The van der Waals surface area contributed by atoms with Crippen molar-refractivity contribution in [2.75, 3.05) is 0 Å². The van der Waals surface area contributed by atoms with Crippen molar-refractivity contribution in [1.82, 2.24) is 5.32 Å². The molecular formula is C12H13N3O4S. The minimum absolute atomic E-state index is 0.240. The first kappa shape index (κ1) is 14.3. The Labute approximate surface area is 119 Å². The van der Waals surface area contributed by atoms with Gasteiger partial charge in [-0.1, -0.05) is 11.8 Å². The number of amidine groups is 1. The lowest BCUT2D eigenvalue weighted by atomic mass is 10.3. The van der Waals surface area contributed by atoms with Gasteiger partial charge in [-0.2, -0.15) is 0 Å². The van der Waals surface area contributed by atoms with Gasteiger partial charge in [-0.15, -0.1) is 10.2 Å². The average molecular weight is 295 g/mol. The largest absolute Gasteiger partial charge is 0.481 e. The fourth-order valence-electron chi connectivity index (χ4n) is 1.54. The highest BCUT2D eigenvalue weighted by molar-refractivity contribution is 8.15. The van der Waals surface area contributed by atoms with E-state index in [9.17, 15) is 9.59 Å². The lowest BCUT2D eigenvalue weighted by Gasteiger charge is -1.98. The Kier molecular flexibility index (Phi) is 4.23. The molecule has 106 valence electrons. The molecule has 2 N–H and O–H groups in total. The zero-order chi connectivity index (χ0) is 14.7. The van der Waals surface area contributed by atoms with Crippen LogP contribution >= 0.6 is 11.8 Å². The van der Waals surface area contributed by atoms with Gasteiger partial charge in [-0.3, -0.25) is 9.59 Å². The average Bonchev–Trinajstić information content (AvgIpc) is 2.93. The van der Waals surface area contributed by atoms with E-state index in [0.29, 0.717) is 16.6 Å². The fraction of sp³-hybridized carbons (Fsp3) is 0.333. The van der Waals surface area contributed by atoms with Crippen LogP contribution in [0.5, 0.6) is 0 Å². The summed E-state index contributed by atoms with van der Waals surface area (Å²) in [6, 6.07) is 3.60. The number of furan rings is 1.